The maximum Gasteiger partial charge on any atom is 0.118 e. The van der Waals surface area contributed by atoms with E-state index in [-0.39, 0.29) is 26.2 Å². The summed E-state index contributed by atoms with van der Waals surface area (Å²) in [6, 6.07) is 7.39. The Balaban J connectivity index is 0.000000810. The fourth-order valence-electron chi connectivity index (χ4n) is 0.810. The Hall–Kier alpha value is -0.0969. The zero-order chi connectivity index (χ0) is 6.69. The van der Waals surface area contributed by atoms with Gasteiger partial charge in [0.1, 0.15) is 5.75 Å². The molecule has 0 bridgehead atoms. The summed E-state index contributed by atoms with van der Waals surface area (Å²) in [5, 5.41) is 9.11. The van der Waals surface area contributed by atoms with Gasteiger partial charge in [0.2, 0.25) is 0 Å². The van der Waals surface area contributed by atoms with Crippen LogP contribution in [0.5, 0.6) is 5.75 Å². The minimum atomic E-state index is 0. The van der Waals surface area contributed by atoms with Crippen LogP contribution in [0.2, 0.25) is 0 Å². The Kier molecular flexibility index (Phi) is 4.63. The van der Waals surface area contributed by atoms with Crippen molar-refractivity contribution >= 4 is 26.2 Å². The van der Waals surface area contributed by atoms with Crippen LogP contribution in [0.3, 0.4) is 0 Å². The summed E-state index contributed by atoms with van der Waals surface area (Å²) in [7, 11) is 0. The number of phenolic OH excluding ortho intramolecular Hbond substituents is 1. The molecule has 0 spiro atoms. The number of para-hydroxylation sites is 1. The minimum Gasteiger partial charge on any atom is -0.508 e. The number of aryl methyl sites for hydroxylation is 1. The van der Waals surface area contributed by atoms with E-state index in [1.165, 1.54) is 0 Å². The number of hydrogen-bond acceptors (Lipinski definition) is 1. The predicted molar refractivity (Wildman–Crippen MR) is 43.2 cm³/mol. The molecule has 0 heterocycles. The van der Waals surface area contributed by atoms with E-state index >= 15 is 0 Å². The predicted octanol–water partition coefficient (Wildman–Crippen LogP) is 1.57. The van der Waals surface area contributed by atoms with Crippen molar-refractivity contribution in [2.75, 3.05) is 0 Å². The fourth-order valence-corrected chi connectivity index (χ4v) is 0.810. The Morgan fingerprint density at radius 2 is 1.90 bits per heavy atom. The number of rotatable bonds is 1. The normalized spacial score (nSPS) is 8.50. The molecule has 1 rings (SSSR count). The largest absolute Gasteiger partial charge is 0.508 e. The second-order valence-electron chi connectivity index (χ2n) is 1.98. The van der Waals surface area contributed by atoms with E-state index in [0.717, 1.165) is 12.0 Å². The molecule has 10 heavy (non-hydrogen) atoms. The third-order valence-electron chi connectivity index (χ3n) is 1.37. The van der Waals surface area contributed by atoms with Gasteiger partial charge in [-0.15, -0.1) is 0 Å². The van der Waals surface area contributed by atoms with Gasteiger partial charge in [-0.2, -0.15) is 0 Å². The van der Waals surface area contributed by atoms with Gasteiger partial charge >= 0.3 is 0 Å². The molecule has 0 aliphatic carbocycles. The second kappa shape index (κ2) is 4.68. The summed E-state index contributed by atoms with van der Waals surface area (Å²) in [5.74, 6) is 0.403. The maximum absolute atomic E-state index is 9.11. The fraction of sp³-hybridized carbons (Fsp3) is 0.250. The molecular formula is C8H10BiO. The van der Waals surface area contributed by atoms with Crippen molar-refractivity contribution in [1.82, 2.24) is 0 Å². The summed E-state index contributed by atoms with van der Waals surface area (Å²) in [6.07, 6.45) is 0.896. The maximum atomic E-state index is 9.11. The van der Waals surface area contributed by atoms with Crippen LogP contribution in [0.1, 0.15) is 12.5 Å². The molecule has 3 radical (unpaired) electrons. The first-order valence-electron chi connectivity index (χ1n) is 3.11. The van der Waals surface area contributed by atoms with Crippen molar-refractivity contribution in [3.8, 4) is 5.75 Å². The van der Waals surface area contributed by atoms with E-state index in [9.17, 15) is 0 Å². The molecule has 0 saturated heterocycles. The van der Waals surface area contributed by atoms with Gasteiger partial charge in [0.05, 0.1) is 0 Å². The topological polar surface area (TPSA) is 20.2 Å². The first-order chi connectivity index (χ1) is 4.34. The third-order valence-corrected chi connectivity index (χ3v) is 1.37. The van der Waals surface area contributed by atoms with Crippen LogP contribution in [-0.2, 0) is 6.42 Å². The first-order valence-corrected chi connectivity index (χ1v) is 3.11. The molecule has 1 N–H and O–H groups in total. The Bertz CT molecular complexity index is 198. The zero-order valence-electron chi connectivity index (χ0n) is 5.91. The number of hydrogen-bond donors (Lipinski definition) is 1. The average molecular weight is 331 g/mol. The molecule has 0 unspecified atom stereocenters. The first kappa shape index (κ1) is 9.90. The van der Waals surface area contributed by atoms with E-state index in [1.54, 1.807) is 6.07 Å². The molecule has 0 saturated carbocycles. The number of aromatic hydroxyl groups is 1. The summed E-state index contributed by atoms with van der Waals surface area (Å²) < 4.78 is 0. The van der Waals surface area contributed by atoms with Gasteiger partial charge in [-0.3, -0.25) is 0 Å². The van der Waals surface area contributed by atoms with Gasteiger partial charge in [0.15, 0.2) is 0 Å². The summed E-state index contributed by atoms with van der Waals surface area (Å²) in [4.78, 5) is 0. The Morgan fingerprint density at radius 1 is 1.30 bits per heavy atom. The van der Waals surface area contributed by atoms with Crippen molar-refractivity contribution in [3.05, 3.63) is 29.8 Å². The molecule has 53 valence electrons. The van der Waals surface area contributed by atoms with E-state index in [1.807, 2.05) is 25.1 Å². The van der Waals surface area contributed by atoms with Crippen molar-refractivity contribution in [2.24, 2.45) is 0 Å². The van der Waals surface area contributed by atoms with Crippen LogP contribution in [0.4, 0.5) is 0 Å². The zero-order valence-corrected chi connectivity index (χ0v) is 9.39. The smallest absolute Gasteiger partial charge is 0.118 e. The van der Waals surface area contributed by atoms with Crippen LogP contribution < -0.4 is 0 Å². The van der Waals surface area contributed by atoms with Gasteiger partial charge in [-0.1, -0.05) is 25.1 Å². The van der Waals surface area contributed by atoms with E-state index in [2.05, 4.69) is 0 Å². The molecule has 1 aromatic rings. The summed E-state index contributed by atoms with van der Waals surface area (Å²) >= 11 is 0. The van der Waals surface area contributed by atoms with Crippen molar-refractivity contribution in [2.45, 2.75) is 13.3 Å². The van der Waals surface area contributed by atoms with E-state index < -0.39 is 0 Å². The molecule has 0 aliphatic rings. The molecule has 2 heteroatoms. The number of benzene rings is 1. The molecular weight excluding hydrogens is 321 g/mol. The standard InChI is InChI=1S/C8H10O.Bi/c1-2-7-5-3-4-6-8(7)9;/h3-6,9H,2H2,1H3;. The third kappa shape index (κ3) is 2.26. The van der Waals surface area contributed by atoms with Crippen molar-refractivity contribution in [3.63, 3.8) is 0 Å². The van der Waals surface area contributed by atoms with Gasteiger partial charge in [-0.25, -0.2) is 0 Å². The van der Waals surface area contributed by atoms with Crippen LogP contribution >= 0.6 is 0 Å². The van der Waals surface area contributed by atoms with Crippen LogP contribution in [0, 0.1) is 0 Å². The van der Waals surface area contributed by atoms with Crippen LogP contribution in [0.25, 0.3) is 0 Å². The Morgan fingerprint density at radius 3 is 2.30 bits per heavy atom. The summed E-state index contributed by atoms with van der Waals surface area (Å²) in [5.41, 5.74) is 1.01. The SMILES string of the molecule is CCc1ccccc1O.[Bi]. The minimum absolute atomic E-state index is 0. The Labute approximate surface area is 80.2 Å². The molecule has 1 aromatic carbocycles. The summed E-state index contributed by atoms with van der Waals surface area (Å²) in [6.45, 7) is 2.02. The number of phenols is 1. The molecule has 0 atom stereocenters. The van der Waals surface area contributed by atoms with Crippen LogP contribution in [0.15, 0.2) is 24.3 Å². The van der Waals surface area contributed by atoms with Gasteiger partial charge in [0.25, 0.3) is 0 Å². The molecule has 0 amide bonds. The molecule has 1 nitrogen and oxygen atoms in total. The van der Waals surface area contributed by atoms with E-state index in [0.29, 0.717) is 5.75 Å². The van der Waals surface area contributed by atoms with Crippen molar-refractivity contribution < 1.29 is 5.11 Å². The van der Waals surface area contributed by atoms with Gasteiger partial charge in [-0.05, 0) is 18.1 Å². The average Bonchev–Trinajstić information content (AvgIpc) is 1.89. The van der Waals surface area contributed by atoms with Gasteiger partial charge in [0, 0.05) is 26.2 Å². The van der Waals surface area contributed by atoms with Gasteiger partial charge < -0.3 is 5.11 Å². The van der Waals surface area contributed by atoms with E-state index in [4.69, 9.17) is 5.11 Å². The second-order valence-corrected chi connectivity index (χ2v) is 1.98. The quantitative estimate of drug-likeness (QED) is 0.775. The molecule has 0 aliphatic heterocycles. The monoisotopic (exact) mass is 331 g/mol. The molecule has 0 aromatic heterocycles. The van der Waals surface area contributed by atoms with Crippen LogP contribution in [-0.4, -0.2) is 31.3 Å². The molecule has 0 fully saturated rings. The van der Waals surface area contributed by atoms with Crippen molar-refractivity contribution in [1.29, 1.82) is 0 Å².